The molecule has 2 heteroatoms. The topological polar surface area (TPSA) is 17.8 Å². The van der Waals surface area contributed by atoms with Gasteiger partial charge < -0.3 is 0 Å². The van der Waals surface area contributed by atoms with Crippen molar-refractivity contribution in [3.05, 3.63) is 53.3 Å². The van der Waals surface area contributed by atoms with Crippen LogP contribution in [0.1, 0.15) is 37.6 Å². The summed E-state index contributed by atoms with van der Waals surface area (Å²) in [5.41, 5.74) is 3.60. The van der Waals surface area contributed by atoms with Gasteiger partial charge in [0.15, 0.2) is 0 Å². The molecule has 0 atom stereocenters. The Balaban J connectivity index is 2.32. The number of rotatable bonds is 2. The highest BCUT2D eigenvalue weighted by Gasteiger charge is 2.20. The molecule has 0 fully saturated rings. The predicted molar refractivity (Wildman–Crippen MR) is 77.3 cm³/mol. The second-order valence-electron chi connectivity index (χ2n) is 5.60. The maximum absolute atomic E-state index is 4.56. The van der Waals surface area contributed by atoms with Crippen molar-refractivity contribution in [3.63, 3.8) is 0 Å². The van der Waals surface area contributed by atoms with Crippen LogP contribution in [0.4, 0.5) is 0 Å². The summed E-state index contributed by atoms with van der Waals surface area (Å²) in [6.07, 6.45) is 6.34. The Morgan fingerprint density at radius 2 is 1.72 bits per heavy atom. The zero-order valence-corrected chi connectivity index (χ0v) is 11.5. The lowest BCUT2D eigenvalue weighted by atomic mass is 9.89. The Bertz CT molecular complexity index is 542. The quantitative estimate of drug-likeness (QED) is 0.778. The van der Waals surface area contributed by atoms with Gasteiger partial charge in [0.1, 0.15) is 0 Å². The zero-order chi connectivity index (χ0) is 13.2. The van der Waals surface area contributed by atoms with E-state index in [1.165, 1.54) is 11.1 Å². The number of hydrogen-bond acceptors (Lipinski definition) is 1. The van der Waals surface area contributed by atoms with Gasteiger partial charge >= 0.3 is 0 Å². The normalized spacial score (nSPS) is 12.2. The zero-order valence-electron chi connectivity index (χ0n) is 11.5. The van der Waals surface area contributed by atoms with E-state index in [1.54, 1.807) is 0 Å². The molecule has 94 valence electrons. The van der Waals surface area contributed by atoms with Crippen molar-refractivity contribution in [3.8, 4) is 0 Å². The third-order valence-electron chi connectivity index (χ3n) is 2.82. The van der Waals surface area contributed by atoms with Gasteiger partial charge in [-0.2, -0.15) is 5.10 Å². The first-order valence-electron chi connectivity index (χ1n) is 6.24. The summed E-state index contributed by atoms with van der Waals surface area (Å²) in [6, 6.07) is 10.3. The van der Waals surface area contributed by atoms with Crippen molar-refractivity contribution < 1.29 is 0 Å². The molecule has 2 nitrogen and oxygen atoms in total. The van der Waals surface area contributed by atoms with Crippen LogP contribution in [-0.2, 0) is 12.5 Å². The smallest absolute Gasteiger partial charge is 0.0750 e. The van der Waals surface area contributed by atoms with Crippen LogP contribution in [0, 0.1) is 0 Å². The first-order valence-corrected chi connectivity index (χ1v) is 6.24. The Morgan fingerprint density at radius 3 is 2.33 bits per heavy atom. The average Bonchev–Trinajstić information content (AvgIpc) is 2.69. The highest BCUT2D eigenvalue weighted by atomic mass is 15.3. The maximum atomic E-state index is 4.56. The molecule has 0 radical (unpaired) electrons. The Hall–Kier alpha value is -1.83. The lowest BCUT2D eigenvalue weighted by molar-refractivity contribution is 0.552. The molecule has 0 amide bonds. The van der Waals surface area contributed by atoms with Crippen LogP contribution in [0.3, 0.4) is 0 Å². The first-order chi connectivity index (χ1) is 8.47. The van der Waals surface area contributed by atoms with Crippen molar-refractivity contribution in [1.82, 2.24) is 9.78 Å². The van der Waals surface area contributed by atoms with E-state index < -0.39 is 0 Å². The molecule has 1 aromatic carbocycles. The van der Waals surface area contributed by atoms with Gasteiger partial charge in [0, 0.05) is 24.2 Å². The Kier molecular flexibility index (Phi) is 3.37. The Morgan fingerprint density at radius 1 is 1.06 bits per heavy atom. The second-order valence-corrected chi connectivity index (χ2v) is 5.60. The third kappa shape index (κ3) is 2.89. The standard InChI is InChI=1S/C16H20N2/c1-16(2,3)15-14(12-18(4)17-15)11-10-13-8-6-5-7-9-13/h5-12H,1-4H3/b11-10+. The summed E-state index contributed by atoms with van der Waals surface area (Å²) in [4.78, 5) is 0. The molecular formula is C16H20N2. The SMILES string of the molecule is Cn1cc(/C=C/c2ccccc2)c(C(C)(C)C)n1. The van der Waals surface area contributed by atoms with Gasteiger partial charge in [-0.1, -0.05) is 63.3 Å². The van der Waals surface area contributed by atoms with Crippen LogP contribution in [0.5, 0.6) is 0 Å². The lowest BCUT2D eigenvalue weighted by Gasteiger charge is -2.16. The molecule has 0 spiro atoms. The molecule has 0 aliphatic heterocycles. The summed E-state index contributed by atoms with van der Waals surface area (Å²) in [5, 5.41) is 4.56. The van der Waals surface area contributed by atoms with Crippen molar-refractivity contribution in [2.75, 3.05) is 0 Å². The van der Waals surface area contributed by atoms with E-state index in [1.807, 2.05) is 29.9 Å². The summed E-state index contributed by atoms with van der Waals surface area (Å²) < 4.78 is 1.88. The van der Waals surface area contributed by atoms with Gasteiger partial charge in [-0.05, 0) is 5.56 Å². The van der Waals surface area contributed by atoms with Gasteiger partial charge in [0.2, 0.25) is 0 Å². The third-order valence-corrected chi connectivity index (χ3v) is 2.82. The summed E-state index contributed by atoms with van der Waals surface area (Å²) in [5.74, 6) is 0. The molecule has 2 rings (SSSR count). The van der Waals surface area contributed by atoms with Gasteiger partial charge in [0.25, 0.3) is 0 Å². The molecule has 0 saturated carbocycles. The molecule has 0 bridgehead atoms. The fraction of sp³-hybridized carbons (Fsp3) is 0.312. The van der Waals surface area contributed by atoms with Gasteiger partial charge in [-0.3, -0.25) is 4.68 Å². The van der Waals surface area contributed by atoms with Crippen LogP contribution in [0.25, 0.3) is 12.2 Å². The minimum absolute atomic E-state index is 0.0671. The molecular weight excluding hydrogens is 220 g/mol. The van der Waals surface area contributed by atoms with E-state index in [0.29, 0.717) is 0 Å². The molecule has 0 N–H and O–H groups in total. The number of nitrogens with zero attached hydrogens (tertiary/aromatic N) is 2. The fourth-order valence-electron chi connectivity index (χ4n) is 1.96. The van der Waals surface area contributed by atoms with Crippen molar-refractivity contribution in [2.24, 2.45) is 7.05 Å². The van der Waals surface area contributed by atoms with Gasteiger partial charge in [0.05, 0.1) is 5.69 Å². The minimum atomic E-state index is 0.0671. The number of aryl methyl sites for hydroxylation is 1. The highest BCUT2D eigenvalue weighted by Crippen LogP contribution is 2.25. The van der Waals surface area contributed by atoms with Gasteiger partial charge in [-0.25, -0.2) is 0 Å². The molecule has 18 heavy (non-hydrogen) atoms. The van der Waals surface area contributed by atoms with Crippen molar-refractivity contribution in [1.29, 1.82) is 0 Å². The van der Waals surface area contributed by atoms with Crippen molar-refractivity contribution in [2.45, 2.75) is 26.2 Å². The first kappa shape index (κ1) is 12.6. The summed E-state index contributed by atoms with van der Waals surface area (Å²) in [6.45, 7) is 6.57. The molecule has 0 aliphatic rings. The van der Waals surface area contributed by atoms with Gasteiger partial charge in [-0.15, -0.1) is 0 Å². The monoisotopic (exact) mass is 240 g/mol. The molecule has 2 aromatic rings. The van der Waals surface area contributed by atoms with Crippen LogP contribution in [0.2, 0.25) is 0 Å². The van der Waals surface area contributed by atoms with Crippen LogP contribution < -0.4 is 0 Å². The van der Waals surface area contributed by atoms with Crippen molar-refractivity contribution >= 4 is 12.2 Å². The molecule has 0 saturated heterocycles. The maximum Gasteiger partial charge on any atom is 0.0750 e. The van der Waals surface area contributed by atoms with E-state index in [9.17, 15) is 0 Å². The molecule has 1 aromatic heterocycles. The van der Waals surface area contributed by atoms with Crippen LogP contribution >= 0.6 is 0 Å². The van der Waals surface area contributed by atoms with E-state index in [2.05, 4.69) is 56.4 Å². The molecule has 0 unspecified atom stereocenters. The minimum Gasteiger partial charge on any atom is -0.275 e. The van der Waals surface area contributed by atoms with E-state index in [4.69, 9.17) is 0 Å². The highest BCUT2D eigenvalue weighted by molar-refractivity contribution is 5.70. The number of hydrogen-bond donors (Lipinski definition) is 0. The summed E-state index contributed by atoms with van der Waals surface area (Å²) >= 11 is 0. The number of benzene rings is 1. The Labute approximate surface area is 109 Å². The average molecular weight is 240 g/mol. The number of aromatic nitrogens is 2. The van der Waals surface area contributed by atoms with E-state index >= 15 is 0 Å². The predicted octanol–water partition coefficient (Wildman–Crippen LogP) is 3.89. The van der Waals surface area contributed by atoms with Crippen LogP contribution in [0.15, 0.2) is 36.5 Å². The summed E-state index contributed by atoms with van der Waals surface area (Å²) in [7, 11) is 1.97. The lowest BCUT2D eigenvalue weighted by Crippen LogP contribution is -2.13. The molecule has 0 aliphatic carbocycles. The fourth-order valence-corrected chi connectivity index (χ4v) is 1.96. The molecule has 1 heterocycles. The largest absolute Gasteiger partial charge is 0.275 e. The second kappa shape index (κ2) is 4.81. The van der Waals surface area contributed by atoms with E-state index in [-0.39, 0.29) is 5.41 Å². The van der Waals surface area contributed by atoms with Crippen LogP contribution in [-0.4, -0.2) is 9.78 Å². The van der Waals surface area contributed by atoms with E-state index in [0.717, 1.165) is 5.69 Å².